The molecule has 2 amide bonds. The molecule has 2 rings (SSSR count). The highest BCUT2D eigenvalue weighted by Gasteiger charge is 2.08. The third-order valence-corrected chi connectivity index (χ3v) is 2.53. The second-order valence-electron chi connectivity index (χ2n) is 3.96. The van der Waals surface area contributed by atoms with Gasteiger partial charge >= 0.3 is 0 Å². The first-order valence-corrected chi connectivity index (χ1v) is 5.87. The van der Waals surface area contributed by atoms with Gasteiger partial charge in [0.15, 0.2) is 0 Å². The van der Waals surface area contributed by atoms with Crippen molar-refractivity contribution >= 4 is 11.8 Å². The fourth-order valence-corrected chi connectivity index (χ4v) is 1.52. The van der Waals surface area contributed by atoms with Gasteiger partial charge in [0.05, 0.1) is 18.4 Å². The third-order valence-electron chi connectivity index (χ3n) is 2.53. The topological polar surface area (TPSA) is 71.3 Å². The second kappa shape index (κ2) is 6.39. The maximum Gasteiger partial charge on any atom is 0.254 e. The number of hydrogen-bond acceptors (Lipinski definition) is 3. The van der Waals surface area contributed by atoms with E-state index < -0.39 is 0 Å². The molecular weight excluding hydrogens is 244 g/mol. The van der Waals surface area contributed by atoms with Gasteiger partial charge in [-0.15, -0.1) is 0 Å². The van der Waals surface area contributed by atoms with Crippen molar-refractivity contribution in [2.75, 3.05) is 6.54 Å². The Labute approximate surface area is 110 Å². The summed E-state index contributed by atoms with van der Waals surface area (Å²) in [7, 11) is 0. The van der Waals surface area contributed by atoms with E-state index in [1.807, 2.05) is 30.3 Å². The Morgan fingerprint density at radius 3 is 2.53 bits per heavy atom. The lowest BCUT2D eigenvalue weighted by atomic mass is 10.2. The van der Waals surface area contributed by atoms with E-state index in [1.165, 1.54) is 18.6 Å². The molecule has 0 radical (unpaired) electrons. The summed E-state index contributed by atoms with van der Waals surface area (Å²) in [5.74, 6) is -0.565. The zero-order valence-electron chi connectivity index (χ0n) is 10.3. The maximum absolute atomic E-state index is 11.5. The number of amides is 2. The highest BCUT2D eigenvalue weighted by Crippen LogP contribution is 1.99. The van der Waals surface area contributed by atoms with Crippen molar-refractivity contribution in [1.29, 1.82) is 0 Å². The highest BCUT2D eigenvalue weighted by atomic mass is 16.3. The van der Waals surface area contributed by atoms with E-state index in [4.69, 9.17) is 4.42 Å². The summed E-state index contributed by atoms with van der Waals surface area (Å²) in [5.41, 5.74) is 1.41. The van der Waals surface area contributed by atoms with Gasteiger partial charge in [0.25, 0.3) is 5.91 Å². The number of carbonyl (C=O) groups is 2. The summed E-state index contributed by atoms with van der Waals surface area (Å²) >= 11 is 0. The van der Waals surface area contributed by atoms with Crippen molar-refractivity contribution in [2.24, 2.45) is 0 Å². The Kier molecular flexibility index (Phi) is 4.34. The number of furan rings is 1. The summed E-state index contributed by atoms with van der Waals surface area (Å²) in [6.45, 7) is 0.387. The largest absolute Gasteiger partial charge is 0.472 e. The van der Waals surface area contributed by atoms with Gasteiger partial charge < -0.3 is 15.1 Å². The molecule has 5 heteroatoms. The number of carbonyl (C=O) groups excluding carboxylic acids is 2. The fraction of sp³-hybridized carbons (Fsp3) is 0.143. The zero-order valence-corrected chi connectivity index (χ0v) is 10.3. The Morgan fingerprint density at radius 1 is 1.05 bits per heavy atom. The molecule has 0 saturated carbocycles. The molecule has 0 fully saturated rings. The Morgan fingerprint density at radius 2 is 1.84 bits per heavy atom. The van der Waals surface area contributed by atoms with Crippen molar-refractivity contribution in [1.82, 2.24) is 10.6 Å². The van der Waals surface area contributed by atoms with Gasteiger partial charge in [-0.25, -0.2) is 0 Å². The smallest absolute Gasteiger partial charge is 0.254 e. The molecule has 5 nitrogen and oxygen atoms in total. The van der Waals surface area contributed by atoms with Gasteiger partial charge in [0.1, 0.15) is 6.26 Å². The number of benzene rings is 1. The third kappa shape index (κ3) is 3.99. The normalized spacial score (nSPS) is 9.89. The van der Waals surface area contributed by atoms with E-state index >= 15 is 0 Å². The summed E-state index contributed by atoms with van der Waals surface area (Å²) in [6, 6.07) is 11.1. The Hall–Kier alpha value is -2.56. The van der Waals surface area contributed by atoms with Crippen LogP contribution in [-0.4, -0.2) is 18.4 Å². The zero-order chi connectivity index (χ0) is 13.5. The highest BCUT2D eigenvalue weighted by molar-refractivity contribution is 5.96. The van der Waals surface area contributed by atoms with E-state index in [-0.39, 0.29) is 18.4 Å². The Balaban J connectivity index is 1.72. The molecule has 98 valence electrons. The number of hydrogen-bond donors (Lipinski definition) is 2. The average molecular weight is 258 g/mol. The van der Waals surface area contributed by atoms with E-state index in [0.29, 0.717) is 12.1 Å². The molecule has 1 aromatic heterocycles. The van der Waals surface area contributed by atoms with Crippen LogP contribution in [0.1, 0.15) is 15.9 Å². The standard InChI is InChI=1S/C14H14N2O3/c17-13(15-8-11-4-2-1-3-5-11)9-16-14(18)12-6-7-19-10-12/h1-7,10H,8-9H2,(H,15,17)(H,16,18). The van der Waals surface area contributed by atoms with Crippen molar-refractivity contribution in [3.8, 4) is 0 Å². The van der Waals surface area contributed by atoms with Gasteiger partial charge in [0, 0.05) is 6.54 Å². The summed E-state index contributed by atoms with van der Waals surface area (Å²) in [5, 5.41) is 5.23. The molecule has 2 N–H and O–H groups in total. The van der Waals surface area contributed by atoms with Gasteiger partial charge in [0.2, 0.25) is 5.91 Å². The number of rotatable bonds is 5. The van der Waals surface area contributed by atoms with Crippen molar-refractivity contribution in [3.63, 3.8) is 0 Å². The summed E-state index contributed by atoms with van der Waals surface area (Å²) in [4.78, 5) is 23.1. The van der Waals surface area contributed by atoms with Crippen LogP contribution < -0.4 is 10.6 Å². The quantitative estimate of drug-likeness (QED) is 0.849. The SMILES string of the molecule is O=C(CNC(=O)c1ccoc1)NCc1ccccc1. The molecule has 19 heavy (non-hydrogen) atoms. The molecule has 0 bridgehead atoms. The molecule has 2 aromatic rings. The summed E-state index contributed by atoms with van der Waals surface area (Å²) < 4.78 is 4.79. The monoisotopic (exact) mass is 258 g/mol. The van der Waals surface area contributed by atoms with E-state index in [1.54, 1.807) is 0 Å². The van der Waals surface area contributed by atoms with Gasteiger partial charge in [-0.2, -0.15) is 0 Å². The van der Waals surface area contributed by atoms with E-state index in [2.05, 4.69) is 10.6 Å². The van der Waals surface area contributed by atoms with Crippen LogP contribution in [0, 0.1) is 0 Å². The van der Waals surface area contributed by atoms with Crippen LogP contribution in [0.5, 0.6) is 0 Å². The molecule has 0 atom stereocenters. The van der Waals surface area contributed by atoms with Crippen LogP contribution in [0.4, 0.5) is 0 Å². The molecule has 0 aliphatic rings. The van der Waals surface area contributed by atoms with Crippen molar-refractivity contribution in [3.05, 3.63) is 60.1 Å². The first-order chi connectivity index (χ1) is 9.25. The van der Waals surface area contributed by atoms with Crippen LogP contribution in [0.15, 0.2) is 53.3 Å². The van der Waals surface area contributed by atoms with Gasteiger partial charge in [-0.05, 0) is 11.6 Å². The molecule has 0 saturated heterocycles. The van der Waals surface area contributed by atoms with Crippen LogP contribution >= 0.6 is 0 Å². The minimum Gasteiger partial charge on any atom is -0.472 e. The lowest BCUT2D eigenvalue weighted by Gasteiger charge is -2.06. The minimum absolute atomic E-state index is 0.0587. The molecule has 0 unspecified atom stereocenters. The molecule has 1 aromatic carbocycles. The fourth-order valence-electron chi connectivity index (χ4n) is 1.52. The van der Waals surface area contributed by atoms with Crippen molar-refractivity contribution in [2.45, 2.75) is 6.54 Å². The van der Waals surface area contributed by atoms with Crippen LogP contribution in [0.25, 0.3) is 0 Å². The van der Waals surface area contributed by atoms with Crippen molar-refractivity contribution < 1.29 is 14.0 Å². The van der Waals surface area contributed by atoms with Crippen LogP contribution in [0.2, 0.25) is 0 Å². The van der Waals surface area contributed by atoms with Crippen LogP contribution in [0.3, 0.4) is 0 Å². The van der Waals surface area contributed by atoms with E-state index in [9.17, 15) is 9.59 Å². The molecular formula is C14H14N2O3. The lowest BCUT2D eigenvalue weighted by Crippen LogP contribution is -2.36. The van der Waals surface area contributed by atoms with Gasteiger partial charge in [-0.1, -0.05) is 30.3 Å². The van der Waals surface area contributed by atoms with E-state index in [0.717, 1.165) is 5.56 Å². The minimum atomic E-state index is -0.330. The maximum atomic E-state index is 11.5. The first-order valence-electron chi connectivity index (χ1n) is 5.87. The van der Waals surface area contributed by atoms with Gasteiger partial charge in [-0.3, -0.25) is 9.59 Å². The average Bonchev–Trinajstić information content (AvgIpc) is 2.98. The lowest BCUT2D eigenvalue weighted by molar-refractivity contribution is -0.120. The second-order valence-corrected chi connectivity index (χ2v) is 3.96. The first kappa shape index (κ1) is 12.9. The molecule has 0 spiro atoms. The molecule has 0 aliphatic heterocycles. The Bertz CT molecular complexity index is 535. The molecule has 1 heterocycles. The molecule has 0 aliphatic carbocycles. The number of nitrogens with one attached hydrogen (secondary N) is 2. The van der Waals surface area contributed by atoms with Crippen LogP contribution in [-0.2, 0) is 11.3 Å². The predicted octanol–water partition coefficient (Wildman–Crippen LogP) is 1.33. The predicted molar refractivity (Wildman–Crippen MR) is 69.3 cm³/mol. The summed E-state index contributed by atoms with van der Waals surface area (Å²) in [6.07, 6.45) is 2.74.